The van der Waals surface area contributed by atoms with Crippen LogP contribution in [0.1, 0.15) is 23.2 Å². The van der Waals surface area contributed by atoms with E-state index in [0.717, 1.165) is 35.6 Å². The smallest absolute Gasteiger partial charge is 0.286 e. The molecule has 2 aromatic heterocycles. The summed E-state index contributed by atoms with van der Waals surface area (Å²) < 4.78 is 19.7. The van der Waals surface area contributed by atoms with Crippen molar-refractivity contribution in [3.8, 4) is 5.75 Å². The van der Waals surface area contributed by atoms with Crippen molar-refractivity contribution in [2.75, 3.05) is 13.1 Å². The summed E-state index contributed by atoms with van der Waals surface area (Å²) in [6, 6.07) is 13.0. The fourth-order valence-electron chi connectivity index (χ4n) is 2.96. The van der Waals surface area contributed by atoms with Crippen molar-refractivity contribution in [1.82, 2.24) is 14.6 Å². The van der Waals surface area contributed by atoms with Gasteiger partial charge in [0.05, 0.1) is 11.9 Å². The maximum Gasteiger partial charge on any atom is 0.286 e. The lowest BCUT2D eigenvalue weighted by atomic mass is 10.1. The zero-order valence-corrected chi connectivity index (χ0v) is 16.0. The van der Waals surface area contributed by atoms with Crippen LogP contribution < -0.4 is 15.1 Å². The van der Waals surface area contributed by atoms with E-state index in [9.17, 15) is 9.18 Å². The Morgan fingerprint density at radius 1 is 1.00 bits per heavy atom. The zero-order chi connectivity index (χ0) is 20.1. The number of benzene rings is 1. The zero-order valence-electron chi connectivity index (χ0n) is 16.0. The molecular formula is C22H22FN3O3. The molecule has 0 aliphatic carbocycles. The first-order valence-corrected chi connectivity index (χ1v) is 9.55. The third kappa shape index (κ3) is 5.20. The van der Waals surface area contributed by atoms with E-state index in [2.05, 4.69) is 9.88 Å². The van der Waals surface area contributed by atoms with E-state index in [1.807, 2.05) is 18.3 Å². The highest BCUT2D eigenvalue weighted by Crippen LogP contribution is 2.12. The molecule has 150 valence electrons. The predicted octanol–water partition coefficient (Wildman–Crippen LogP) is 2.80. The average molecular weight is 395 g/mol. The van der Waals surface area contributed by atoms with Crippen LogP contribution in [0.4, 0.5) is 4.39 Å². The highest BCUT2D eigenvalue weighted by Gasteiger charge is 2.13. The van der Waals surface area contributed by atoms with Crippen LogP contribution in [-0.4, -0.2) is 27.7 Å². The van der Waals surface area contributed by atoms with Gasteiger partial charge in [-0.2, -0.15) is 4.73 Å². The number of halogens is 1. The Kier molecular flexibility index (Phi) is 5.86. The van der Waals surface area contributed by atoms with Gasteiger partial charge in [-0.1, -0.05) is 18.2 Å². The van der Waals surface area contributed by atoms with E-state index in [-0.39, 0.29) is 24.6 Å². The van der Waals surface area contributed by atoms with Crippen molar-refractivity contribution < 1.29 is 14.0 Å². The molecule has 1 aliphatic rings. The molecule has 0 atom stereocenters. The summed E-state index contributed by atoms with van der Waals surface area (Å²) in [5.74, 6) is 0.126. The standard InChI is InChI=1S/C22H22FN3O3/c23-19-5-2-17(3-6-19)15-28-21-8-11-26(22(27)12-21)29-16-20-7-4-18(13-24-20)14-25-9-1-10-25/h2-8,11-13H,1,9-10,14-16H2. The quantitative estimate of drug-likeness (QED) is 0.587. The fourth-order valence-corrected chi connectivity index (χ4v) is 2.96. The summed E-state index contributed by atoms with van der Waals surface area (Å²) in [5.41, 5.74) is 2.40. The highest BCUT2D eigenvalue weighted by molar-refractivity contribution is 5.20. The van der Waals surface area contributed by atoms with Crippen LogP contribution in [0, 0.1) is 5.82 Å². The SMILES string of the molecule is O=c1cc(OCc2ccc(F)cc2)ccn1OCc1ccc(CN2CCC2)cn1. The number of pyridine rings is 2. The Bertz CT molecular complexity index is 999. The lowest BCUT2D eigenvalue weighted by Gasteiger charge is -2.30. The van der Waals surface area contributed by atoms with E-state index in [1.165, 1.54) is 36.4 Å². The molecule has 29 heavy (non-hydrogen) atoms. The Hall–Kier alpha value is -3.19. The summed E-state index contributed by atoms with van der Waals surface area (Å²) in [7, 11) is 0. The number of aromatic nitrogens is 2. The summed E-state index contributed by atoms with van der Waals surface area (Å²) >= 11 is 0. The summed E-state index contributed by atoms with van der Waals surface area (Å²) in [6.45, 7) is 3.67. The third-order valence-electron chi connectivity index (χ3n) is 4.77. The lowest BCUT2D eigenvalue weighted by Crippen LogP contribution is -2.36. The summed E-state index contributed by atoms with van der Waals surface area (Å²) in [6.07, 6.45) is 4.64. The van der Waals surface area contributed by atoms with Crippen molar-refractivity contribution in [3.05, 3.63) is 93.9 Å². The molecule has 3 aromatic rings. The van der Waals surface area contributed by atoms with Crippen molar-refractivity contribution in [1.29, 1.82) is 0 Å². The van der Waals surface area contributed by atoms with Crippen LogP contribution in [-0.2, 0) is 19.8 Å². The number of nitrogens with zero attached hydrogens (tertiary/aromatic N) is 3. The molecule has 7 heteroatoms. The largest absolute Gasteiger partial charge is 0.489 e. The minimum atomic E-state index is -0.337. The minimum absolute atomic E-state index is 0.194. The van der Waals surface area contributed by atoms with Gasteiger partial charge in [0.2, 0.25) is 0 Å². The second-order valence-corrected chi connectivity index (χ2v) is 7.00. The topological polar surface area (TPSA) is 56.6 Å². The molecule has 0 N–H and O–H groups in total. The first kappa shape index (κ1) is 19.1. The molecule has 0 amide bonds. The molecule has 0 spiro atoms. The number of likely N-dealkylation sites (tertiary alicyclic amines) is 1. The van der Waals surface area contributed by atoms with Gasteiger partial charge in [0.15, 0.2) is 6.61 Å². The van der Waals surface area contributed by atoms with Gasteiger partial charge in [-0.3, -0.25) is 14.7 Å². The molecule has 0 radical (unpaired) electrons. The van der Waals surface area contributed by atoms with E-state index >= 15 is 0 Å². The molecule has 1 saturated heterocycles. The number of rotatable bonds is 8. The van der Waals surface area contributed by atoms with Gasteiger partial charge in [-0.15, -0.1) is 0 Å². The second-order valence-electron chi connectivity index (χ2n) is 7.00. The van der Waals surface area contributed by atoms with Crippen LogP contribution in [0.15, 0.2) is 65.7 Å². The van der Waals surface area contributed by atoms with E-state index in [0.29, 0.717) is 5.75 Å². The first-order valence-electron chi connectivity index (χ1n) is 9.55. The molecule has 4 rings (SSSR count). The lowest BCUT2D eigenvalue weighted by molar-refractivity contribution is 0.0862. The predicted molar refractivity (Wildman–Crippen MR) is 106 cm³/mol. The minimum Gasteiger partial charge on any atom is -0.489 e. The van der Waals surface area contributed by atoms with Crippen molar-refractivity contribution in [2.24, 2.45) is 0 Å². The van der Waals surface area contributed by atoms with Crippen LogP contribution in [0.3, 0.4) is 0 Å². The highest BCUT2D eigenvalue weighted by atomic mass is 19.1. The third-order valence-corrected chi connectivity index (χ3v) is 4.77. The number of hydrogen-bond acceptors (Lipinski definition) is 5. The van der Waals surface area contributed by atoms with Crippen molar-refractivity contribution in [3.63, 3.8) is 0 Å². The average Bonchev–Trinajstić information content (AvgIpc) is 2.70. The molecule has 6 nitrogen and oxygen atoms in total. The molecule has 1 fully saturated rings. The molecule has 0 saturated carbocycles. The van der Waals surface area contributed by atoms with Crippen LogP contribution >= 0.6 is 0 Å². The number of hydrogen-bond donors (Lipinski definition) is 0. The summed E-state index contributed by atoms with van der Waals surface area (Å²) in [4.78, 5) is 24.5. The Morgan fingerprint density at radius 3 is 2.45 bits per heavy atom. The summed E-state index contributed by atoms with van der Waals surface area (Å²) in [5, 5.41) is 0. The van der Waals surface area contributed by atoms with E-state index in [4.69, 9.17) is 9.57 Å². The van der Waals surface area contributed by atoms with Crippen molar-refractivity contribution in [2.45, 2.75) is 26.2 Å². The molecule has 3 heterocycles. The van der Waals surface area contributed by atoms with Gasteiger partial charge >= 0.3 is 0 Å². The number of ether oxygens (including phenoxy) is 1. The van der Waals surface area contributed by atoms with Crippen LogP contribution in [0.2, 0.25) is 0 Å². The molecule has 0 bridgehead atoms. The Morgan fingerprint density at radius 2 is 1.79 bits per heavy atom. The van der Waals surface area contributed by atoms with E-state index < -0.39 is 0 Å². The van der Waals surface area contributed by atoms with Gasteiger partial charge in [-0.25, -0.2) is 4.39 Å². The van der Waals surface area contributed by atoms with Gasteiger partial charge in [0.25, 0.3) is 5.56 Å². The van der Waals surface area contributed by atoms with Gasteiger partial charge in [0, 0.05) is 24.9 Å². The van der Waals surface area contributed by atoms with Gasteiger partial charge < -0.3 is 9.57 Å². The first-order chi connectivity index (χ1) is 14.2. The maximum atomic E-state index is 12.9. The van der Waals surface area contributed by atoms with Gasteiger partial charge in [-0.05, 0) is 48.8 Å². The fraction of sp³-hybridized carbons (Fsp3) is 0.273. The molecule has 1 aliphatic heterocycles. The Balaban J connectivity index is 1.29. The van der Waals surface area contributed by atoms with Crippen LogP contribution in [0.25, 0.3) is 0 Å². The molecule has 0 unspecified atom stereocenters. The second kappa shape index (κ2) is 8.87. The monoisotopic (exact) mass is 395 g/mol. The normalized spacial score (nSPS) is 13.7. The molecular weight excluding hydrogens is 373 g/mol. The van der Waals surface area contributed by atoms with Crippen LogP contribution in [0.5, 0.6) is 5.75 Å². The van der Waals surface area contributed by atoms with Crippen molar-refractivity contribution >= 4 is 0 Å². The Labute approximate surface area is 168 Å². The maximum absolute atomic E-state index is 12.9. The van der Waals surface area contributed by atoms with E-state index in [1.54, 1.807) is 18.2 Å². The van der Waals surface area contributed by atoms with Gasteiger partial charge in [0.1, 0.15) is 18.2 Å². The molecule has 1 aromatic carbocycles.